The highest BCUT2D eigenvalue weighted by molar-refractivity contribution is 5.86. The average Bonchev–Trinajstić information content (AvgIpc) is 2.38. The molecule has 2 saturated carbocycles. The summed E-state index contributed by atoms with van der Waals surface area (Å²) in [5, 5.41) is 3.10. The molecule has 3 nitrogen and oxygen atoms in total. The van der Waals surface area contributed by atoms with Gasteiger partial charge in [-0.25, -0.2) is 0 Å². The molecule has 0 aromatic heterocycles. The molecule has 0 spiro atoms. The van der Waals surface area contributed by atoms with E-state index >= 15 is 0 Å². The van der Waals surface area contributed by atoms with Crippen molar-refractivity contribution in [1.29, 1.82) is 0 Å². The van der Waals surface area contributed by atoms with Crippen LogP contribution in [0, 0.1) is 5.92 Å². The van der Waals surface area contributed by atoms with Crippen LogP contribution in [0.1, 0.15) is 64.2 Å². The second kappa shape index (κ2) is 7.34. The summed E-state index contributed by atoms with van der Waals surface area (Å²) in [4.78, 5) is 12.1. The van der Waals surface area contributed by atoms with Crippen LogP contribution < -0.4 is 11.1 Å². The molecule has 0 unspecified atom stereocenters. The van der Waals surface area contributed by atoms with Crippen LogP contribution in [0.5, 0.6) is 0 Å². The Balaban J connectivity index is 0.00000162. The number of carbonyl (C=O) groups excluding carboxylic acids is 1. The summed E-state index contributed by atoms with van der Waals surface area (Å²) >= 11 is 0. The van der Waals surface area contributed by atoms with Gasteiger partial charge in [0.1, 0.15) is 0 Å². The molecule has 0 aromatic carbocycles. The molecule has 2 rings (SSSR count). The van der Waals surface area contributed by atoms with Crippen molar-refractivity contribution in [2.24, 2.45) is 11.7 Å². The maximum atomic E-state index is 12.1. The number of rotatable bonds is 3. The lowest BCUT2D eigenvalue weighted by atomic mass is 9.81. The minimum absolute atomic E-state index is 0. The molecule has 2 aliphatic rings. The van der Waals surface area contributed by atoms with Crippen LogP contribution >= 0.6 is 12.4 Å². The van der Waals surface area contributed by atoms with Crippen molar-refractivity contribution in [1.82, 2.24) is 5.32 Å². The maximum Gasteiger partial charge on any atom is 0.240 e. The Kier molecular flexibility index (Phi) is 6.44. The monoisotopic (exact) mass is 274 g/mol. The Bertz CT molecular complexity index is 259. The summed E-state index contributed by atoms with van der Waals surface area (Å²) in [6, 6.07) is 0. The third-order valence-electron chi connectivity index (χ3n) is 4.47. The molecular weight excluding hydrogens is 248 g/mol. The normalized spacial score (nSPS) is 24.1. The molecule has 3 N–H and O–H groups in total. The Labute approximate surface area is 117 Å². The summed E-state index contributed by atoms with van der Waals surface area (Å²) in [6.07, 6.45) is 11.7. The number of hydrogen-bond acceptors (Lipinski definition) is 2. The van der Waals surface area contributed by atoms with Gasteiger partial charge in [-0.2, -0.15) is 0 Å². The Morgan fingerprint density at radius 1 is 1.06 bits per heavy atom. The quantitative estimate of drug-likeness (QED) is 0.831. The first-order chi connectivity index (χ1) is 8.21. The van der Waals surface area contributed by atoms with Gasteiger partial charge in [-0.3, -0.25) is 4.79 Å². The second-order valence-corrected chi connectivity index (χ2v) is 5.93. The van der Waals surface area contributed by atoms with E-state index in [4.69, 9.17) is 5.73 Å². The predicted octanol–water partition coefficient (Wildman–Crippen LogP) is 2.77. The molecule has 0 bridgehead atoms. The fourth-order valence-electron chi connectivity index (χ4n) is 3.21. The number of carbonyl (C=O) groups is 1. The van der Waals surface area contributed by atoms with Gasteiger partial charge in [0.25, 0.3) is 0 Å². The Hall–Kier alpha value is -0.280. The number of halogens is 1. The second-order valence-electron chi connectivity index (χ2n) is 5.93. The molecule has 18 heavy (non-hydrogen) atoms. The van der Waals surface area contributed by atoms with Gasteiger partial charge in [-0.1, -0.05) is 38.5 Å². The van der Waals surface area contributed by atoms with Gasteiger partial charge >= 0.3 is 0 Å². The van der Waals surface area contributed by atoms with Crippen molar-refractivity contribution in [3.8, 4) is 0 Å². The van der Waals surface area contributed by atoms with Gasteiger partial charge in [0.2, 0.25) is 5.91 Å². The molecule has 106 valence electrons. The van der Waals surface area contributed by atoms with Gasteiger partial charge in [0, 0.05) is 6.54 Å². The zero-order valence-corrected chi connectivity index (χ0v) is 12.1. The highest BCUT2D eigenvalue weighted by Gasteiger charge is 2.35. The van der Waals surface area contributed by atoms with Crippen molar-refractivity contribution in [2.75, 3.05) is 6.54 Å². The molecule has 2 aliphatic carbocycles. The third kappa shape index (κ3) is 4.13. The minimum Gasteiger partial charge on any atom is -0.354 e. The van der Waals surface area contributed by atoms with E-state index in [9.17, 15) is 4.79 Å². The molecule has 0 atom stereocenters. The molecule has 0 heterocycles. The van der Waals surface area contributed by atoms with Crippen molar-refractivity contribution in [3.63, 3.8) is 0 Å². The molecule has 2 fully saturated rings. The SMILES string of the molecule is Cl.NC1(C(=O)NCC2CCCCC2)CCCCC1. The highest BCUT2D eigenvalue weighted by Crippen LogP contribution is 2.27. The van der Waals surface area contributed by atoms with Crippen molar-refractivity contribution in [2.45, 2.75) is 69.7 Å². The Morgan fingerprint density at radius 2 is 1.61 bits per heavy atom. The summed E-state index contributed by atoms with van der Waals surface area (Å²) in [6.45, 7) is 0.845. The molecule has 1 amide bonds. The van der Waals surface area contributed by atoms with Crippen LogP contribution in [-0.4, -0.2) is 18.0 Å². The smallest absolute Gasteiger partial charge is 0.240 e. The number of nitrogens with one attached hydrogen (secondary N) is 1. The summed E-state index contributed by atoms with van der Waals surface area (Å²) in [5.74, 6) is 0.794. The van der Waals surface area contributed by atoms with Crippen LogP contribution in [0.25, 0.3) is 0 Å². The fraction of sp³-hybridized carbons (Fsp3) is 0.929. The predicted molar refractivity (Wildman–Crippen MR) is 76.8 cm³/mol. The summed E-state index contributed by atoms with van der Waals surface area (Å²) < 4.78 is 0. The molecular formula is C14H27ClN2O. The van der Waals surface area contributed by atoms with Crippen LogP contribution in [0.15, 0.2) is 0 Å². The molecule has 0 radical (unpaired) electrons. The van der Waals surface area contributed by atoms with E-state index in [1.165, 1.54) is 38.5 Å². The first-order valence-electron chi connectivity index (χ1n) is 7.28. The lowest BCUT2D eigenvalue weighted by molar-refractivity contribution is -0.127. The molecule has 0 aromatic rings. The van der Waals surface area contributed by atoms with Gasteiger partial charge < -0.3 is 11.1 Å². The minimum atomic E-state index is -0.563. The molecule has 0 saturated heterocycles. The summed E-state index contributed by atoms with van der Waals surface area (Å²) in [5.41, 5.74) is 5.64. The number of nitrogens with two attached hydrogens (primary N) is 1. The fourth-order valence-corrected chi connectivity index (χ4v) is 3.21. The van der Waals surface area contributed by atoms with Crippen LogP contribution in [0.4, 0.5) is 0 Å². The van der Waals surface area contributed by atoms with Gasteiger partial charge in [0.05, 0.1) is 5.54 Å². The van der Waals surface area contributed by atoms with Crippen LogP contribution in [-0.2, 0) is 4.79 Å². The van der Waals surface area contributed by atoms with Gasteiger partial charge in [-0.05, 0) is 31.6 Å². The van der Waals surface area contributed by atoms with E-state index in [-0.39, 0.29) is 18.3 Å². The van der Waals surface area contributed by atoms with E-state index in [1.54, 1.807) is 0 Å². The van der Waals surface area contributed by atoms with Gasteiger partial charge in [0.15, 0.2) is 0 Å². The van der Waals surface area contributed by atoms with Crippen molar-refractivity contribution in [3.05, 3.63) is 0 Å². The van der Waals surface area contributed by atoms with E-state index in [0.29, 0.717) is 5.92 Å². The van der Waals surface area contributed by atoms with E-state index in [1.807, 2.05) is 0 Å². The van der Waals surface area contributed by atoms with Gasteiger partial charge in [-0.15, -0.1) is 12.4 Å². The lowest BCUT2D eigenvalue weighted by Gasteiger charge is -2.32. The maximum absolute atomic E-state index is 12.1. The van der Waals surface area contributed by atoms with E-state index < -0.39 is 5.54 Å². The average molecular weight is 275 g/mol. The summed E-state index contributed by atoms with van der Waals surface area (Å²) in [7, 11) is 0. The van der Waals surface area contributed by atoms with E-state index in [0.717, 1.165) is 32.2 Å². The molecule has 0 aliphatic heterocycles. The van der Waals surface area contributed by atoms with Crippen LogP contribution in [0.3, 0.4) is 0 Å². The Morgan fingerprint density at radius 3 is 2.22 bits per heavy atom. The van der Waals surface area contributed by atoms with E-state index in [2.05, 4.69) is 5.32 Å². The number of hydrogen-bond donors (Lipinski definition) is 2. The number of amides is 1. The third-order valence-corrected chi connectivity index (χ3v) is 4.47. The van der Waals surface area contributed by atoms with Crippen molar-refractivity contribution >= 4 is 18.3 Å². The zero-order chi connectivity index (χ0) is 12.1. The largest absolute Gasteiger partial charge is 0.354 e. The highest BCUT2D eigenvalue weighted by atomic mass is 35.5. The standard InChI is InChI=1S/C14H26N2O.ClH/c15-14(9-5-2-6-10-14)13(17)16-11-12-7-3-1-4-8-12;/h12H,1-11,15H2,(H,16,17);1H. The topological polar surface area (TPSA) is 55.1 Å². The zero-order valence-electron chi connectivity index (χ0n) is 11.2. The molecule has 4 heteroatoms. The van der Waals surface area contributed by atoms with Crippen LogP contribution in [0.2, 0.25) is 0 Å². The first kappa shape index (κ1) is 15.8. The lowest BCUT2D eigenvalue weighted by Crippen LogP contribution is -2.55. The first-order valence-corrected chi connectivity index (χ1v) is 7.28. The van der Waals surface area contributed by atoms with Crippen molar-refractivity contribution < 1.29 is 4.79 Å².